The van der Waals surface area contributed by atoms with Gasteiger partial charge in [-0.1, -0.05) is 19.0 Å². The molecule has 8 heteroatoms. The Morgan fingerprint density at radius 3 is 2.84 bits per heavy atom. The highest BCUT2D eigenvalue weighted by molar-refractivity contribution is 5.93. The van der Waals surface area contributed by atoms with E-state index in [-0.39, 0.29) is 17.9 Å². The van der Waals surface area contributed by atoms with Gasteiger partial charge in [0, 0.05) is 12.2 Å². The molecule has 134 valence electrons. The van der Waals surface area contributed by atoms with E-state index in [4.69, 9.17) is 10.3 Å². The lowest BCUT2D eigenvalue weighted by atomic mass is 10.0. The first-order valence-corrected chi connectivity index (χ1v) is 8.68. The summed E-state index contributed by atoms with van der Waals surface area (Å²) >= 11 is 0. The van der Waals surface area contributed by atoms with Crippen molar-refractivity contribution in [1.82, 2.24) is 25.0 Å². The van der Waals surface area contributed by atoms with Gasteiger partial charge in [-0.2, -0.15) is 4.98 Å². The minimum Gasteiger partial charge on any atom is -0.368 e. The number of carbonyl (C=O) groups is 1. The standard InChI is InChI=1S/C17H24N6O2/c1-10(2)8-12-9-13(21-17(18)20-12)16(24)23-7-5-4-6-14(23)15-19-11(3)22-25-15/h9-10,14H,4-8H2,1-3H3,(H2,18,20,21)/t14-/m1/s1. The summed E-state index contributed by atoms with van der Waals surface area (Å²) in [4.78, 5) is 27.5. The van der Waals surface area contributed by atoms with Crippen LogP contribution in [0.15, 0.2) is 10.6 Å². The van der Waals surface area contributed by atoms with E-state index in [0.717, 1.165) is 31.4 Å². The topological polar surface area (TPSA) is 111 Å². The average Bonchev–Trinajstić information content (AvgIpc) is 2.99. The Kier molecular flexibility index (Phi) is 4.96. The SMILES string of the molecule is Cc1noc([C@H]2CCCCN2C(=O)c2cc(CC(C)C)nc(N)n2)n1. The highest BCUT2D eigenvalue weighted by Gasteiger charge is 2.33. The van der Waals surface area contributed by atoms with Gasteiger partial charge in [0.1, 0.15) is 11.7 Å². The third-order valence-corrected chi connectivity index (χ3v) is 4.22. The predicted octanol–water partition coefficient (Wildman–Crippen LogP) is 2.32. The summed E-state index contributed by atoms with van der Waals surface area (Å²) in [5.41, 5.74) is 6.93. The molecule has 0 spiro atoms. The number of aryl methyl sites for hydroxylation is 1. The molecule has 1 amide bonds. The predicted molar refractivity (Wildman–Crippen MR) is 91.6 cm³/mol. The van der Waals surface area contributed by atoms with Crippen LogP contribution in [0.5, 0.6) is 0 Å². The summed E-state index contributed by atoms with van der Waals surface area (Å²) in [6, 6.07) is 1.52. The maximum atomic E-state index is 13.1. The number of piperidine rings is 1. The molecule has 0 aliphatic carbocycles. The van der Waals surface area contributed by atoms with Crippen molar-refractivity contribution in [2.75, 3.05) is 12.3 Å². The number of hydrogen-bond donors (Lipinski definition) is 1. The third-order valence-electron chi connectivity index (χ3n) is 4.22. The summed E-state index contributed by atoms with van der Waals surface area (Å²) in [7, 11) is 0. The molecule has 1 aliphatic heterocycles. The highest BCUT2D eigenvalue weighted by Crippen LogP contribution is 2.31. The normalized spacial score (nSPS) is 17.9. The minimum atomic E-state index is -0.216. The lowest BCUT2D eigenvalue weighted by Crippen LogP contribution is -2.39. The summed E-state index contributed by atoms with van der Waals surface area (Å²) in [6.45, 7) is 6.59. The second kappa shape index (κ2) is 7.16. The van der Waals surface area contributed by atoms with Gasteiger partial charge in [-0.05, 0) is 44.6 Å². The molecule has 3 rings (SSSR count). The van der Waals surface area contributed by atoms with Crippen LogP contribution in [0.25, 0.3) is 0 Å². The van der Waals surface area contributed by atoms with Crippen molar-refractivity contribution >= 4 is 11.9 Å². The van der Waals surface area contributed by atoms with E-state index < -0.39 is 0 Å². The van der Waals surface area contributed by atoms with Crippen LogP contribution in [0.1, 0.15) is 67.0 Å². The van der Waals surface area contributed by atoms with Gasteiger partial charge in [-0.3, -0.25) is 4.79 Å². The second-order valence-corrected chi connectivity index (χ2v) is 6.89. The molecule has 3 heterocycles. The Balaban J connectivity index is 1.88. The van der Waals surface area contributed by atoms with E-state index in [1.54, 1.807) is 17.9 Å². The summed E-state index contributed by atoms with van der Waals surface area (Å²) in [6.07, 6.45) is 3.50. The number of likely N-dealkylation sites (tertiary alicyclic amines) is 1. The number of hydrogen-bond acceptors (Lipinski definition) is 7. The number of anilines is 1. The number of aromatic nitrogens is 4. The van der Waals surface area contributed by atoms with E-state index in [1.165, 1.54) is 0 Å². The zero-order valence-corrected chi connectivity index (χ0v) is 14.9. The maximum Gasteiger partial charge on any atom is 0.273 e. The third kappa shape index (κ3) is 3.94. The molecule has 0 saturated carbocycles. The van der Waals surface area contributed by atoms with E-state index in [2.05, 4.69) is 34.0 Å². The summed E-state index contributed by atoms with van der Waals surface area (Å²) in [5.74, 6) is 1.43. The van der Waals surface area contributed by atoms with Gasteiger partial charge in [0.15, 0.2) is 5.82 Å². The van der Waals surface area contributed by atoms with Gasteiger partial charge in [-0.25, -0.2) is 9.97 Å². The molecule has 1 saturated heterocycles. The Bertz CT molecular complexity index is 757. The van der Waals surface area contributed by atoms with Crippen molar-refractivity contribution in [2.24, 2.45) is 5.92 Å². The van der Waals surface area contributed by atoms with Crippen LogP contribution in [0.2, 0.25) is 0 Å². The Hall–Kier alpha value is -2.51. The quantitative estimate of drug-likeness (QED) is 0.906. The molecule has 0 unspecified atom stereocenters. The molecule has 2 aromatic heterocycles. The van der Waals surface area contributed by atoms with Gasteiger partial charge < -0.3 is 15.2 Å². The largest absolute Gasteiger partial charge is 0.368 e. The number of nitrogens with two attached hydrogens (primary N) is 1. The van der Waals surface area contributed by atoms with E-state index >= 15 is 0 Å². The van der Waals surface area contributed by atoms with Crippen LogP contribution >= 0.6 is 0 Å². The van der Waals surface area contributed by atoms with Gasteiger partial charge >= 0.3 is 0 Å². The van der Waals surface area contributed by atoms with Crippen molar-refractivity contribution in [2.45, 2.75) is 52.5 Å². The molecule has 0 bridgehead atoms. The lowest BCUT2D eigenvalue weighted by molar-refractivity contribution is 0.0555. The smallest absolute Gasteiger partial charge is 0.273 e. The van der Waals surface area contributed by atoms with Crippen LogP contribution < -0.4 is 5.73 Å². The van der Waals surface area contributed by atoms with Crippen molar-refractivity contribution in [1.29, 1.82) is 0 Å². The monoisotopic (exact) mass is 344 g/mol. The summed E-state index contributed by atoms with van der Waals surface area (Å²) in [5, 5.41) is 3.85. The van der Waals surface area contributed by atoms with Crippen molar-refractivity contribution in [3.05, 3.63) is 29.2 Å². The van der Waals surface area contributed by atoms with Crippen molar-refractivity contribution in [3.8, 4) is 0 Å². The Morgan fingerprint density at radius 2 is 2.16 bits per heavy atom. The zero-order valence-electron chi connectivity index (χ0n) is 14.9. The second-order valence-electron chi connectivity index (χ2n) is 6.89. The fourth-order valence-corrected chi connectivity index (χ4v) is 3.18. The molecule has 2 N–H and O–H groups in total. The molecule has 8 nitrogen and oxygen atoms in total. The van der Waals surface area contributed by atoms with E-state index in [0.29, 0.717) is 29.9 Å². The van der Waals surface area contributed by atoms with Crippen molar-refractivity contribution in [3.63, 3.8) is 0 Å². The fraction of sp³-hybridized carbons (Fsp3) is 0.588. The molecule has 2 aromatic rings. The lowest BCUT2D eigenvalue weighted by Gasteiger charge is -2.33. The van der Waals surface area contributed by atoms with Gasteiger partial charge in [0.05, 0.1) is 0 Å². The zero-order chi connectivity index (χ0) is 18.0. The van der Waals surface area contributed by atoms with Crippen LogP contribution in [-0.2, 0) is 6.42 Å². The van der Waals surface area contributed by atoms with Gasteiger partial charge in [0.25, 0.3) is 5.91 Å². The Labute approximate surface area is 146 Å². The highest BCUT2D eigenvalue weighted by atomic mass is 16.5. The van der Waals surface area contributed by atoms with Crippen LogP contribution in [-0.4, -0.2) is 37.5 Å². The first-order valence-electron chi connectivity index (χ1n) is 8.68. The van der Waals surface area contributed by atoms with E-state index in [1.807, 2.05) is 0 Å². The van der Waals surface area contributed by atoms with Crippen LogP contribution in [0.3, 0.4) is 0 Å². The van der Waals surface area contributed by atoms with Gasteiger partial charge in [0.2, 0.25) is 11.8 Å². The molecule has 25 heavy (non-hydrogen) atoms. The summed E-state index contributed by atoms with van der Waals surface area (Å²) < 4.78 is 5.31. The number of carbonyl (C=O) groups excluding carboxylic acids is 1. The molecule has 0 aromatic carbocycles. The van der Waals surface area contributed by atoms with E-state index in [9.17, 15) is 4.79 Å². The first kappa shape index (κ1) is 17.3. The van der Waals surface area contributed by atoms with Crippen LogP contribution in [0, 0.1) is 12.8 Å². The Morgan fingerprint density at radius 1 is 1.36 bits per heavy atom. The number of nitrogen functional groups attached to an aromatic ring is 1. The van der Waals surface area contributed by atoms with Crippen LogP contribution in [0.4, 0.5) is 5.95 Å². The number of amides is 1. The maximum absolute atomic E-state index is 13.1. The average molecular weight is 344 g/mol. The molecule has 1 aliphatic rings. The minimum absolute atomic E-state index is 0.128. The molecular weight excluding hydrogens is 320 g/mol. The number of nitrogens with zero attached hydrogens (tertiary/aromatic N) is 5. The first-order chi connectivity index (χ1) is 11.9. The van der Waals surface area contributed by atoms with Crippen molar-refractivity contribution < 1.29 is 9.32 Å². The molecule has 0 radical (unpaired) electrons. The number of rotatable bonds is 4. The molecule has 1 fully saturated rings. The molecule has 1 atom stereocenters. The van der Waals surface area contributed by atoms with Gasteiger partial charge in [-0.15, -0.1) is 0 Å². The fourth-order valence-electron chi connectivity index (χ4n) is 3.18. The molecular formula is C17H24N6O2.